The van der Waals surface area contributed by atoms with Gasteiger partial charge < -0.3 is 19.3 Å². The second-order valence-corrected chi connectivity index (χ2v) is 5.18. The van der Waals surface area contributed by atoms with E-state index in [0.717, 1.165) is 0 Å². The highest BCUT2D eigenvalue weighted by Gasteiger charge is 2.37. The van der Waals surface area contributed by atoms with Crippen LogP contribution in [0.3, 0.4) is 0 Å². The minimum Gasteiger partial charge on any atom is -0.497 e. The van der Waals surface area contributed by atoms with E-state index < -0.39 is 0 Å². The Labute approximate surface area is 124 Å². The van der Waals surface area contributed by atoms with Crippen molar-refractivity contribution >= 4 is 17.5 Å². The summed E-state index contributed by atoms with van der Waals surface area (Å²) in [4.78, 5) is 27.4. The van der Waals surface area contributed by atoms with Gasteiger partial charge in [-0.05, 0) is 12.1 Å². The number of hydrogen-bond donors (Lipinski definition) is 0. The van der Waals surface area contributed by atoms with Gasteiger partial charge in [-0.1, -0.05) is 0 Å². The quantitative estimate of drug-likeness (QED) is 0.835. The lowest BCUT2D eigenvalue weighted by molar-refractivity contribution is -0.133. The molecule has 1 atom stereocenters. The molecule has 2 rings (SSSR count). The van der Waals surface area contributed by atoms with Crippen molar-refractivity contribution in [3.05, 3.63) is 18.2 Å². The molecule has 0 saturated carbocycles. The molecule has 1 fully saturated rings. The molecule has 0 bridgehead atoms. The summed E-state index contributed by atoms with van der Waals surface area (Å²) in [6, 6.07) is 5.27. The van der Waals surface area contributed by atoms with Crippen molar-refractivity contribution in [1.29, 1.82) is 0 Å². The predicted octanol–water partition coefficient (Wildman–Crippen LogP) is 1.14. The Bertz CT molecular complexity index is 557. The van der Waals surface area contributed by atoms with E-state index in [9.17, 15) is 9.59 Å². The molecule has 1 aliphatic heterocycles. The number of benzene rings is 1. The predicted molar refractivity (Wildman–Crippen MR) is 78.7 cm³/mol. The van der Waals surface area contributed by atoms with E-state index in [2.05, 4.69) is 0 Å². The van der Waals surface area contributed by atoms with Crippen LogP contribution in [0, 0.1) is 5.92 Å². The van der Waals surface area contributed by atoms with Gasteiger partial charge in [-0.25, -0.2) is 0 Å². The molecule has 0 aliphatic carbocycles. The Hall–Kier alpha value is -2.24. The molecule has 6 heteroatoms. The molecule has 2 amide bonds. The first kappa shape index (κ1) is 15.2. The maximum Gasteiger partial charge on any atom is 0.227 e. The molecule has 1 aliphatic rings. The zero-order chi connectivity index (χ0) is 15.6. The van der Waals surface area contributed by atoms with E-state index in [-0.39, 0.29) is 24.2 Å². The summed E-state index contributed by atoms with van der Waals surface area (Å²) in [7, 11) is 6.51. The Morgan fingerprint density at radius 2 is 2.00 bits per heavy atom. The first-order valence-corrected chi connectivity index (χ1v) is 6.71. The van der Waals surface area contributed by atoms with Gasteiger partial charge in [0.05, 0.1) is 25.8 Å². The van der Waals surface area contributed by atoms with Gasteiger partial charge in [0, 0.05) is 33.1 Å². The van der Waals surface area contributed by atoms with E-state index in [1.807, 2.05) is 0 Å². The number of carbonyl (C=O) groups is 2. The summed E-state index contributed by atoms with van der Waals surface area (Å²) in [5, 5.41) is 0. The van der Waals surface area contributed by atoms with E-state index >= 15 is 0 Å². The molecule has 1 aromatic carbocycles. The van der Waals surface area contributed by atoms with Gasteiger partial charge in [-0.15, -0.1) is 0 Å². The third kappa shape index (κ3) is 2.94. The number of methoxy groups -OCH3 is 2. The Balaban J connectivity index is 2.30. The van der Waals surface area contributed by atoms with Crippen LogP contribution < -0.4 is 14.4 Å². The fourth-order valence-electron chi connectivity index (χ4n) is 2.48. The summed E-state index contributed by atoms with van der Waals surface area (Å²) < 4.78 is 10.5. The number of rotatable bonds is 4. The molecule has 6 nitrogen and oxygen atoms in total. The number of anilines is 1. The SMILES string of the molecule is COc1ccc(OC)c(N2CC(C(=O)N(C)C)CC2=O)c1. The van der Waals surface area contributed by atoms with Gasteiger partial charge in [0.25, 0.3) is 0 Å². The summed E-state index contributed by atoms with van der Waals surface area (Å²) >= 11 is 0. The molecule has 21 heavy (non-hydrogen) atoms. The standard InChI is InChI=1S/C15H20N2O4/c1-16(2)15(19)10-7-14(18)17(9-10)12-8-11(20-3)5-6-13(12)21-4/h5-6,8,10H,7,9H2,1-4H3. The van der Waals surface area contributed by atoms with Crippen molar-refractivity contribution in [2.75, 3.05) is 39.8 Å². The normalized spacial score (nSPS) is 17.8. The van der Waals surface area contributed by atoms with Crippen molar-refractivity contribution < 1.29 is 19.1 Å². The molecular formula is C15H20N2O4. The Kier molecular flexibility index (Phi) is 4.35. The van der Waals surface area contributed by atoms with E-state index in [1.54, 1.807) is 51.4 Å². The molecule has 0 radical (unpaired) electrons. The first-order valence-electron chi connectivity index (χ1n) is 6.71. The van der Waals surface area contributed by atoms with Gasteiger partial charge >= 0.3 is 0 Å². The van der Waals surface area contributed by atoms with Crippen LogP contribution in [0.25, 0.3) is 0 Å². The highest BCUT2D eigenvalue weighted by molar-refractivity contribution is 6.01. The molecule has 0 spiro atoms. The molecule has 1 unspecified atom stereocenters. The number of ether oxygens (including phenoxy) is 2. The highest BCUT2D eigenvalue weighted by Crippen LogP contribution is 2.36. The van der Waals surface area contributed by atoms with Gasteiger partial charge in [-0.3, -0.25) is 9.59 Å². The van der Waals surface area contributed by atoms with Crippen molar-refractivity contribution in [2.24, 2.45) is 5.92 Å². The van der Waals surface area contributed by atoms with Crippen LogP contribution in [0.4, 0.5) is 5.69 Å². The Morgan fingerprint density at radius 1 is 1.29 bits per heavy atom. The largest absolute Gasteiger partial charge is 0.497 e. The lowest BCUT2D eigenvalue weighted by Crippen LogP contribution is -2.32. The van der Waals surface area contributed by atoms with Gasteiger partial charge in [0.15, 0.2) is 0 Å². The lowest BCUT2D eigenvalue weighted by Gasteiger charge is -2.21. The van der Waals surface area contributed by atoms with Crippen LogP contribution in [0.1, 0.15) is 6.42 Å². The minimum atomic E-state index is -0.316. The fourth-order valence-corrected chi connectivity index (χ4v) is 2.48. The molecular weight excluding hydrogens is 272 g/mol. The molecule has 0 N–H and O–H groups in total. The average molecular weight is 292 g/mol. The van der Waals surface area contributed by atoms with Crippen molar-refractivity contribution in [3.63, 3.8) is 0 Å². The number of amides is 2. The van der Waals surface area contributed by atoms with Gasteiger partial charge in [0.2, 0.25) is 11.8 Å². The molecule has 114 valence electrons. The smallest absolute Gasteiger partial charge is 0.227 e. The summed E-state index contributed by atoms with van der Waals surface area (Å²) in [6.07, 6.45) is 0.220. The lowest BCUT2D eigenvalue weighted by atomic mass is 10.1. The van der Waals surface area contributed by atoms with Crippen molar-refractivity contribution in [2.45, 2.75) is 6.42 Å². The van der Waals surface area contributed by atoms with E-state index in [1.165, 1.54) is 4.90 Å². The maximum absolute atomic E-state index is 12.2. The van der Waals surface area contributed by atoms with E-state index in [4.69, 9.17) is 9.47 Å². The summed E-state index contributed by atoms with van der Waals surface area (Å²) in [6.45, 7) is 0.360. The van der Waals surface area contributed by atoms with Crippen LogP contribution in [0.15, 0.2) is 18.2 Å². The molecule has 1 aromatic rings. The summed E-state index contributed by atoms with van der Waals surface area (Å²) in [5.74, 6) is 0.793. The average Bonchev–Trinajstić information content (AvgIpc) is 2.87. The minimum absolute atomic E-state index is 0.0345. The maximum atomic E-state index is 12.2. The zero-order valence-electron chi connectivity index (χ0n) is 12.8. The van der Waals surface area contributed by atoms with Crippen LogP contribution >= 0.6 is 0 Å². The number of nitrogens with zero attached hydrogens (tertiary/aromatic N) is 2. The first-order chi connectivity index (χ1) is 9.97. The molecule has 1 saturated heterocycles. The number of hydrogen-bond acceptors (Lipinski definition) is 4. The van der Waals surface area contributed by atoms with Crippen LogP contribution in [0.2, 0.25) is 0 Å². The highest BCUT2D eigenvalue weighted by atomic mass is 16.5. The van der Waals surface area contributed by atoms with E-state index in [0.29, 0.717) is 23.7 Å². The van der Waals surface area contributed by atoms with Crippen molar-refractivity contribution in [3.8, 4) is 11.5 Å². The monoisotopic (exact) mass is 292 g/mol. The topological polar surface area (TPSA) is 59.1 Å². The third-order valence-electron chi connectivity index (χ3n) is 3.59. The molecule has 0 aromatic heterocycles. The van der Waals surface area contributed by atoms with Crippen molar-refractivity contribution in [1.82, 2.24) is 4.90 Å². The Morgan fingerprint density at radius 3 is 2.57 bits per heavy atom. The fraction of sp³-hybridized carbons (Fsp3) is 0.467. The molecule has 1 heterocycles. The van der Waals surface area contributed by atoms with Crippen LogP contribution in [-0.2, 0) is 9.59 Å². The van der Waals surface area contributed by atoms with Gasteiger partial charge in [-0.2, -0.15) is 0 Å². The van der Waals surface area contributed by atoms with Crippen LogP contribution in [0.5, 0.6) is 11.5 Å². The summed E-state index contributed by atoms with van der Waals surface area (Å²) in [5.41, 5.74) is 0.635. The van der Waals surface area contributed by atoms with Crippen LogP contribution in [-0.4, -0.2) is 51.6 Å². The second kappa shape index (κ2) is 6.03. The zero-order valence-corrected chi connectivity index (χ0v) is 12.8. The third-order valence-corrected chi connectivity index (χ3v) is 3.59. The van der Waals surface area contributed by atoms with Gasteiger partial charge in [0.1, 0.15) is 11.5 Å². The second-order valence-electron chi connectivity index (χ2n) is 5.18. The number of carbonyl (C=O) groups excluding carboxylic acids is 2.